The van der Waals surface area contributed by atoms with Crippen LogP contribution in [-0.4, -0.2) is 37.8 Å². The van der Waals surface area contributed by atoms with E-state index in [0.717, 1.165) is 28.2 Å². The normalized spacial score (nSPS) is 11.1. The molecule has 7 nitrogen and oxygen atoms in total. The van der Waals surface area contributed by atoms with Gasteiger partial charge in [-0.15, -0.1) is 0 Å². The van der Waals surface area contributed by atoms with Gasteiger partial charge in [0.25, 0.3) is 0 Å². The molecule has 1 amide bonds. The summed E-state index contributed by atoms with van der Waals surface area (Å²) in [6, 6.07) is 12.8. The zero-order chi connectivity index (χ0) is 24.4. The molecule has 176 valence electrons. The molecule has 2 heterocycles. The van der Waals surface area contributed by atoms with Crippen molar-refractivity contribution in [3.63, 3.8) is 0 Å². The summed E-state index contributed by atoms with van der Waals surface area (Å²) in [7, 11) is 1.78. The lowest BCUT2D eigenvalue weighted by Gasteiger charge is -2.17. The Bertz CT molecular complexity index is 1340. The van der Waals surface area contributed by atoms with E-state index >= 15 is 0 Å². The maximum Gasteiger partial charge on any atom is 0.227 e. The molecular weight excluding hydrogens is 433 g/mol. The third-order valence-electron chi connectivity index (χ3n) is 6.04. The lowest BCUT2D eigenvalue weighted by Crippen LogP contribution is -2.27. The zero-order valence-corrected chi connectivity index (χ0v) is 20.1. The third kappa shape index (κ3) is 4.76. The van der Waals surface area contributed by atoms with Crippen LogP contribution < -0.4 is 0 Å². The smallest absolute Gasteiger partial charge is 0.227 e. The van der Waals surface area contributed by atoms with E-state index in [1.54, 1.807) is 31.0 Å². The maximum absolute atomic E-state index is 13.5. The van der Waals surface area contributed by atoms with Crippen molar-refractivity contribution in [2.45, 2.75) is 47.1 Å². The van der Waals surface area contributed by atoms with Gasteiger partial charge in [-0.3, -0.25) is 4.79 Å². The second-order valence-electron chi connectivity index (χ2n) is 8.57. The fraction of sp³-hybridized carbons (Fsp3) is 0.308. The molecule has 0 saturated carbocycles. The summed E-state index contributed by atoms with van der Waals surface area (Å²) in [6.07, 6.45) is 0.571. The molecule has 0 atom stereocenters. The van der Waals surface area contributed by atoms with Gasteiger partial charge in [0.2, 0.25) is 17.6 Å². The summed E-state index contributed by atoms with van der Waals surface area (Å²) in [5.41, 5.74) is 6.31. The van der Waals surface area contributed by atoms with E-state index in [1.807, 2.05) is 36.7 Å². The first-order valence-corrected chi connectivity index (χ1v) is 11.2. The number of benzene rings is 2. The number of aryl methyl sites for hydroxylation is 4. The van der Waals surface area contributed by atoms with E-state index in [4.69, 9.17) is 9.62 Å². The molecule has 0 aliphatic carbocycles. The molecule has 2 aromatic heterocycles. The predicted octanol–water partition coefficient (Wildman–Crippen LogP) is 4.89. The van der Waals surface area contributed by atoms with Gasteiger partial charge >= 0.3 is 0 Å². The first-order valence-electron chi connectivity index (χ1n) is 11.2. The number of carbonyl (C=O) groups excluding carboxylic acids is 1. The highest BCUT2D eigenvalue weighted by Gasteiger charge is 2.19. The quantitative estimate of drug-likeness (QED) is 0.392. The molecule has 34 heavy (non-hydrogen) atoms. The first kappa shape index (κ1) is 23.4. The fourth-order valence-corrected chi connectivity index (χ4v) is 3.93. The molecule has 0 N–H and O–H groups in total. The van der Waals surface area contributed by atoms with Gasteiger partial charge in [0, 0.05) is 43.3 Å². The topological polar surface area (TPSA) is 77.0 Å². The molecule has 0 radical (unpaired) electrons. The van der Waals surface area contributed by atoms with Gasteiger partial charge in [-0.2, -0.15) is 10.1 Å². The van der Waals surface area contributed by atoms with Crippen molar-refractivity contribution in [3.8, 4) is 17.1 Å². The number of hydrogen-bond donors (Lipinski definition) is 0. The van der Waals surface area contributed by atoms with Crippen LogP contribution in [0.4, 0.5) is 4.39 Å². The molecule has 0 fully saturated rings. The predicted molar refractivity (Wildman–Crippen MR) is 127 cm³/mol. The van der Waals surface area contributed by atoms with Crippen LogP contribution in [0.1, 0.15) is 40.4 Å². The summed E-state index contributed by atoms with van der Waals surface area (Å²) in [6.45, 7) is 8.19. The van der Waals surface area contributed by atoms with Gasteiger partial charge in [-0.25, -0.2) is 9.07 Å². The Balaban J connectivity index is 1.40. The molecule has 0 aliphatic rings. The van der Waals surface area contributed by atoms with Crippen molar-refractivity contribution in [3.05, 3.63) is 82.3 Å². The molecule has 0 unspecified atom stereocenters. The SMILES string of the molecule is Cc1cc(-c2noc(CCC(=O)N(C)Cc3c(C)nn(-c4ccccc4C)c3C)n2)ccc1F. The van der Waals surface area contributed by atoms with Crippen LogP contribution in [0, 0.1) is 33.5 Å². The van der Waals surface area contributed by atoms with Crippen LogP contribution in [0.5, 0.6) is 0 Å². The van der Waals surface area contributed by atoms with E-state index in [1.165, 1.54) is 6.07 Å². The van der Waals surface area contributed by atoms with Gasteiger partial charge in [-0.05, 0) is 63.1 Å². The number of carbonyl (C=O) groups is 1. The highest BCUT2D eigenvalue weighted by molar-refractivity contribution is 5.76. The van der Waals surface area contributed by atoms with E-state index in [9.17, 15) is 9.18 Å². The number of nitrogens with zero attached hydrogens (tertiary/aromatic N) is 5. The van der Waals surface area contributed by atoms with Crippen molar-refractivity contribution < 1.29 is 13.7 Å². The van der Waals surface area contributed by atoms with Crippen molar-refractivity contribution in [2.24, 2.45) is 0 Å². The summed E-state index contributed by atoms with van der Waals surface area (Å²) >= 11 is 0. The Hall–Kier alpha value is -3.81. The van der Waals surface area contributed by atoms with Crippen LogP contribution in [0.3, 0.4) is 0 Å². The molecule has 8 heteroatoms. The largest absolute Gasteiger partial charge is 0.341 e. The minimum absolute atomic E-state index is 0.0279. The van der Waals surface area contributed by atoms with E-state index in [2.05, 4.69) is 23.1 Å². The number of halogens is 1. The first-order chi connectivity index (χ1) is 16.2. The fourth-order valence-electron chi connectivity index (χ4n) is 3.93. The molecule has 0 bridgehead atoms. The minimum Gasteiger partial charge on any atom is -0.341 e. The molecule has 4 rings (SSSR count). The van der Waals surface area contributed by atoms with Gasteiger partial charge in [0.05, 0.1) is 11.4 Å². The number of rotatable bonds is 7. The Morgan fingerprint density at radius 1 is 1.09 bits per heavy atom. The van der Waals surface area contributed by atoms with Crippen molar-refractivity contribution in [1.29, 1.82) is 0 Å². The van der Waals surface area contributed by atoms with Gasteiger partial charge in [0.15, 0.2) is 0 Å². The van der Waals surface area contributed by atoms with Crippen molar-refractivity contribution in [2.75, 3.05) is 7.05 Å². The Morgan fingerprint density at radius 2 is 1.85 bits per heavy atom. The lowest BCUT2D eigenvalue weighted by molar-refractivity contribution is -0.130. The minimum atomic E-state index is -0.281. The second-order valence-corrected chi connectivity index (χ2v) is 8.57. The van der Waals surface area contributed by atoms with Crippen LogP contribution in [0.2, 0.25) is 0 Å². The molecule has 2 aromatic carbocycles. The van der Waals surface area contributed by atoms with Crippen molar-refractivity contribution in [1.82, 2.24) is 24.8 Å². The Labute approximate surface area is 198 Å². The molecule has 0 spiro atoms. The average Bonchev–Trinajstić information content (AvgIpc) is 3.40. The van der Waals surface area contributed by atoms with Crippen molar-refractivity contribution >= 4 is 5.91 Å². The molecule has 0 saturated heterocycles. The monoisotopic (exact) mass is 461 g/mol. The van der Waals surface area contributed by atoms with Gasteiger partial charge in [0.1, 0.15) is 5.82 Å². The number of para-hydroxylation sites is 1. The Morgan fingerprint density at radius 3 is 2.59 bits per heavy atom. The standard InChI is InChI=1S/C26H28FN5O2/c1-16-8-6-7-9-23(16)32-19(4)21(18(3)29-32)15-31(5)25(33)13-12-24-28-26(30-34-24)20-10-11-22(27)17(2)14-20/h6-11,14H,12-13,15H2,1-5H3. The molecule has 0 aliphatic heterocycles. The van der Waals surface area contributed by atoms with Gasteiger partial charge < -0.3 is 9.42 Å². The van der Waals surface area contributed by atoms with E-state index in [0.29, 0.717) is 35.8 Å². The van der Waals surface area contributed by atoms with Crippen LogP contribution >= 0.6 is 0 Å². The molecule has 4 aromatic rings. The summed E-state index contributed by atoms with van der Waals surface area (Å²) in [5.74, 6) is 0.447. The lowest BCUT2D eigenvalue weighted by atomic mass is 10.1. The summed E-state index contributed by atoms with van der Waals surface area (Å²) in [4.78, 5) is 18.9. The van der Waals surface area contributed by atoms with E-state index in [-0.39, 0.29) is 18.1 Å². The highest BCUT2D eigenvalue weighted by atomic mass is 19.1. The van der Waals surface area contributed by atoms with Crippen LogP contribution in [0.15, 0.2) is 47.0 Å². The summed E-state index contributed by atoms with van der Waals surface area (Å²) in [5, 5.41) is 8.68. The van der Waals surface area contributed by atoms with Crippen LogP contribution in [0.25, 0.3) is 17.1 Å². The average molecular weight is 462 g/mol. The van der Waals surface area contributed by atoms with Gasteiger partial charge in [-0.1, -0.05) is 23.4 Å². The summed E-state index contributed by atoms with van der Waals surface area (Å²) < 4.78 is 20.7. The van der Waals surface area contributed by atoms with E-state index < -0.39 is 0 Å². The number of amides is 1. The Kier molecular flexibility index (Phi) is 6.58. The third-order valence-corrected chi connectivity index (χ3v) is 6.04. The molecular formula is C26H28FN5O2. The number of aromatic nitrogens is 4. The van der Waals surface area contributed by atoms with Crippen LogP contribution in [-0.2, 0) is 17.8 Å². The highest BCUT2D eigenvalue weighted by Crippen LogP contribution is 2.22. The second kappa shape index (κ2) is 9.59. The maximum atomic E-state index is 13.5. The zero-order valence-electron chi connectivity index (χ0n) is 20.1. The number of hydrogen-bond acceptors (Lipinski definition) is 5.